The molecule has 1 aliphatic carbocycles. The summed E-state index contributed by atoms with van der Waals surface area (Å²) in [6.07, 6.45) is 3.99. The van der Waals surface area contributed by atoms with Gasteiger partial charge in [-0.1, -0.05) is 30.0 Å². The molecule has 1 fully saturated rings. The molecule has 3 nitrogen and oxygen atoms in total. The molecule has 4 heteroatoms. The summed E-state index contributed by atoms with van der Waals surface area (Å²) in [6.45, 7) is 0. The molecule has 1 saturated carbocycles. The maximum Gasteiger partial charge on any atom is 0.250 e. The molecule has 118 valence electrons. The summed E-state index contributed by atoms with van der Waals surface area (Å²) >= 11 is 0. The van der Waals surface area contributed by atoms with Crippen molar-refractivity contribution in [2.75, 3.05) is 0 Å². The predicted octanol–water partition coefficient (Wildman–Crippen LogP) is 3.30. The van der Waals surface area contributed by atoms with Crippen LogP contribution in [0, 0.1) is 17.7 Å². The van der Waals surface area contributed by atoms with Crippen molar-refractivity contribution in [2.24, 2.45) is 0 Å². The van der Waals surface area contributed by atoms with Crippen molar-refractivity contribution >= 4 is 0 Å². The molecule has 0 atom stereocenters. The lowest BCUT2D eigenvalue weighted by Crippen LogP contribution is -2.27. The van der Waals surface area contributed by atoms with E-state index < -0.39 is 5.82 Å². The molecule has 0 radical (unpaired) electrons. The van der Waals surface area contributed by atoms with Crippen LogP contribution in [-0.4, -0.2) is 22.3 Å². The van der Waals surface area contributed by atoms with Gasteiger partial charge < -0.3 is 9.84 Å². The second-order valence-electron chi connectivity index (χ2n) is 5.68. The SMILES string of the molecule is OC1CCC(Oc2ncc(C#Cc3ccccc3)cc2F)CC1. The Morgan fingerprint density at radius 1 is 1.04 bits per heavy atom. The number of hydrogen-bond acceptors (Lipinski definition) is 3. The van der Waals surface area contributed by atoms with Gasteiger partial charge in [-0.3, -0.25) is 0 Å². The van der Waals surface area contributed by atoms with Crippen LogP contribution in [0.3, 0.4) is 0 Å². The van der Waals surface area contributed by atoms with Crippen molar-refractivity contribution in [3.63, 3.8) is 0 Å². The van der Waals surface area contributed by atoms with Gasteiger partial charge in [0.05, 0.1) is 6.10 Å². The lowest BCUT2D eigenvalue weighted by Gasteiger charge is -2.25. The Kier molecular flexibility index (Phi) is 4.89. The number of aliphatic hydroxyl groups is 1. The number of hydrogen-bond donors (Lipinski definition) is 1. The smallest absolute Gasteiger partial charge is 0.250 e. The summed E-state index contributed by atoms with van der Waals surface area (Å²) in [5, 5.41) is 9.48. The number of halogens is 1. The minimum atomic E-state index is -0.504. The first-order valence-electron chi connectivity index (χ1n) is 7.78. The highest BCUT2D eigenvalue weighted by atomic mass is 19.1. The van der Waals surface area contributed by atoms with Gasteiger partial charge in [0.15, 0.2) is 5.82 Å². The van der Waals surface area contributed by atoms with Gasteiger partial charge in [0.25, 0.3) is 5.88 Å². The minimum Gasteiger partial charge on any atom is -0.472 e. The quantitative estimate of drug-likeness (QED) is 0.865. The Hall–Kier alpha value is -2.38. The van der Waals surface area contributed by atoms with Crippen LogP contribution in [0.1, 0.15) is 36.8 Å². The Morgan fingerprint density at radius 3 is 2.43 bits per heavy atom. The summed E-state index contributed by atoms with van der Waals surface area (Å²) in [6, 6.07) is 10.9. The number of nitrogens with zero attached hydrogens (tertiary/aromatic N) is 1. The molecule has 1 N–H and O–H groups in total. The first kappa shape index (κ1) is 15.5. The fourth-order valence-corrected chi connectivity index (χ4v) is 2.57. The summed E-state index contributed by atoms with van der Waals surface area (Å²) in [4.78, 5) is 4.04. The molecule has 0 aliphatic heterocycles. The number of rotatable bonds is 2. The van der Waals surface area contributed by atoms with Crippen LogP contribution in [-0.2, 0) is 0 Å². The van der Waals surface area contributed by atoms with Crippen LogP contribution in [0.5, 0.6) is 5.88 Å². The van der Waals surface area contributed by atoms with Crippen LogP contribution < -0.4 is 4.74 Å². The van der Waals surface area contributed by atoms with E-state index in [1.54, 1.807) is 0 Å². The lowest BCUT2D eigenvalue weighted by atomic mass is 9.95. The molecular formula is C19H18FNO2. The van der Waals surface area contributed by atoms with E-state index in [-0.39, 0.29) is 18.1 Å². The van der Waals surface area contributed by atoms with Crippen molar-refractivity contribution < 1.29 is 14.2 Å². The maximum atomic E-state index is 14.1. The van der Waals surface area contributed by atoms with E-state index in [0.29, 0.717) is 18.4 Å². The van der Waals surface area contributed by atoms with Crippen molar-refractivity contribution in [2.45, 2.75) is 37.9 Å². The highest BCUT2D eigenvalue weighted by Gasteiger charge is 2.22. The van der Waals surface area contributed by atoms with Crippen LogP contribution in [0.15, 0.2) is 42.6 Å². The van der Waals surface area contributed by atoms with E-state index >= 15 is 0 Å². The zero-order valence-corrected chi connectivity index (χ0v) is 12.7. The monoisotopic (exact) mass is 311 g/mol. The molecule has 1 heterocycles. The predicted molar refractivity (Wildman–Crippen MR) is 85.5 cm³/mol. The van der Waals surface area contributed by atoms with E-state index in [1.807, 2.05) is 30.3 Å². The number of aliphatic hydroxyl groups excluding tert-OH is 1. The molecule has 1 aromatic carbocycles. The highest BCUT2D eigenvalue weighted by Crippen LogP contribution is 2.24. The first-order chi connectivity index (χ1) is 11.2. The summed E-state index contributed by atoms with van der Waals surface area (Å²) in [5.74, 6) is 5.37. The topological polar surface area (TPSA) is 42.4 Å². The van der Waals surface area contributed by atoms with Crippen LogP contribution in [0.2, 0.25) is 0 Å². The Morgan fingerprint density at radius 2 is 1.74 bits per heavy atom. The molecule has 1 aromatic heterocycles. The van der Waals surface area contributed by atoms with Gasteiger partial charge in [0, 0.05) is 17.3 Å². The molecule has 1 aliphatic rings. The number of aromatic nitrogens is 1. The van der Waals surface area contributed by atoms with Gasteiger partial charge in [-0.05, 0) is 43.9 Å². The van der Waals surface area contributed by atoms with Crippen molar-refractivity contribution in [1.29, 1.82) is 0 Å². The number of ether oxygens (including phenoxy) is 1. The Bertz CT molecular complexity index is 713. The van der Waals surface area contributed by atoms with Gasteiger partial charge in [0.1, 0.15) is 6.10 Å². The molecule has 23 heavy (non-hydrogen) atoms. The maximum absolute atomic E-state index is 14.1. The highest BCUT2D eigenvalue weighted by molar-refractivity contribution is 5.42. The lowest BCUT2D eigenvalue weighted by molar-refractivity contribution is 0.0622. The average molecular weight is 311 g/mol. The Labute approximate surface area is 135 Å². The molecule has 0 unspecified atom stereocenters. The minimum absolute atomic E-state index is 0.0108. The normalized spacial score (nSPS) is 20.4. The van der Waals surface area contributed by atoms with Crippen LogP contribution in [0.25, 0.3) is 0 Å². The largest absolute Gasteiger partial charge is 0.472 e. The van der Waals surface area contributed by atoms with Crippen LogP contribution >= 0.6 is 0 Å². The molecule has 0 spiro atoms. The van der Waals surface area contributed by atoms with Gasteiger partial charge >= 0.3 is 0 Å². The van der Waals surface area contributed by atoms with Gasteiger partial charge in [-0.25, -0.2) is 9.37 Å². The van der Waals surface area contributed by atoms with Crippen molar-refractivity contribution in [3.05, 3.63) is 59.5 Å². The summed E-state index contributed by atoms with van der Waals surface area (Å²) in [7, 11) is 0. The summed E-state index contributed by atoms with van der Waals surface area (Å²) < 4.78 is 19.7. The fourth-order valence-electron chi connectivity index (χ4n) is 2.57. The molecule has 0 saturated heterocycles. The standard InChI is InChI=1S/C19H18FNO2/c20-18-12-15(7-6-14-4-2-1-3-5-14)13-21-19(18)23-17-10-8-16(22)9-11-17/h1-5,12-13,16-17,22H,8-11H2. The zero-order valence-electron chi connectivity index (χ0n) is 12.7. The van der Waals surface area contributed by atoms with Gasteiger partial charge in [0.2, 0.25) is 0 Å². The van der Waals surface area contributed by atoms with Crippen molar-refractivity contribution in [1.82, 2.24) is 4.98 Å². The molecular weight excluding hydrogens is 293 g/mol. The van der Waals surface area contributed by atoms with Gasteiger partial charge in [-0.15, -0.1) is 0 Å². The molecule has 2 aromatic rings. The third-order valence-electron chi connectivity index (χ3n) is 3.85. The fraction of sp³-hybridized carbons (Fsp3) is 0.316. The van der Waals surface area contributed by atoms with Gasteiger partial charge in [-0.2, -0.15) is 0 Å². The molecule has 3 rings (SSSR count). The molecule has 0 amide bonds. The third kappa shape index (κ3) is 4.30. The zero-order chi connectivity index (χ0) is 16.1. The van der Waals surface area contributed by atoms with Crippen LogP contribution in [0.4, 0.5) is 4.39 Å². The van der Waals surface area contributed by atoms with E-state index in [4.69, 9.17) is 4.74 Å². The second-order valence-corrected chi connectivity index (χ2v) is 5.68. The van der Waals surface area contributed by atoms with Crippen molar-refractivity contribution in [3.8, 4) is 17.7 Å². The Balaban J connectivity index is 1.68. The second kappa shape index (κ2) is 7.26. The number of pyridine rings is 1. The number of benzene rings is 1. The summed E-state index contributed by atoms with van der Waals surface area (Å²) in [5.41, 5.74) is 1.38. The van der Waals surface area contributed by atoms with E-state index in [2.05, 4.69) is 16.8 Å². The first-order valence-corrected chi connectivity index (χ1v) is 7.78. The van der Waals surface area contributed by atoms with E-state index in [9.17, 15) is 9.50 Å². The third-order valence-corrected chi connectivity index (χ3v) is 3.85. The molecule has 0 bridgehead atoms. The van der Waals surface area contributed by atoms with E-state index in [1.165, 1.54) is 12.3 Å². The average Bonchev–Trinajstić information content (AvgIpc) is 2.58. The van der Waals surface area contributed by atoms with E-state index in [0.717, 1.165) is 18.4 Å².